The molecule has 0 aliphatic carbocycles. The lowest BCUT2D eigenvalue weighted by molar-refractivity contribution is 1.18. The smallest absolute Gasteiger partial charge is 0.219 e. The zero-order chi connectivity index (χ0) is 12.1. The Labute approximate surface area is 99.4 Å². The highest BCUT2D eigenvalue weighted by molar-refractivity contribution is 5.79. The van der Waals surface area contributed by atoms with E-state index >= 15 is 0 Å². The number of nitrogens with zero attached hydrogens (tertiary/aromatic N) is 3. The van der Waals surface area contributed by atoms with Gasteiger partial charge in [0.2, 0.25) is 5.95 Å². The number of nitrogens with two attached hydrogens (primary N) is 1. The fraction of sp³-hybridized carbons (Fsp3) is 0.0833. The second-order valence-electron chi connectivity index (χ2n) is 3.56. The van der Waals surface area contributed by atoms with E-state index < -0.39 is 0 Å². The maximum absolute atomic E-state index is 5.38. The summed E-state index contributed by atoms with van der Waals surface area (Å²) in [5.74, 6) is 0.258. The zero-order valence-electron chi connectivity index (χ0n) is 9.46. The van der Waals surface area contributed by atoms with Crippen LogP contribution in [0, 0.1) is 6.92 Å². The van der Waals surface area contributed by atoms with Gasteiger partial charge in [-0.3, -0.25) is 5.43 Å². The van der Waals surface area contributed by atoms with Gasteiger partial charge in [0, 0.05) is 18.0 Å². The van der Waals surface area contributed by atoms with Gasteiger partial charge in [-0.1, -0.05) is 18.2 Å². The van der Waals surface area contributed by atoms with Crippen LogP contribution in [0.3, 0.4) is 0 Å². The Morgan fingerprint density at radius 3 is 2.65 bits per heavy atom. The van der Waals surface area contributed by atoms with E-state index in [0.717, 1.165) is 16.8 Å². The SMILES string of the molecule is Cc1ccccc1N/N=C\c1cnc(N)nc1. The molecule has 5 heteroatoms. The molecule has 0 saturated carbocycles. The fourth-order valence-electron chi connectivity index (χ4n) is 1.29. The summed E-state index contributed by atoms with van der Waals surface area (Å²) in [6.45, 7) is 2.02. The van der Waals surface area contributed by atoms with E-state index in [1.807, 2.05) is 31.2 Å². The number of aryl methyl sites for hydroxylation is 1. The van der Waals surface area contributed by atoms with E-state index in [0.29, 0.717) is 0 Å². The first kappa shape index (κ1) is 11.1. The number of benzene rings is 1. The van der Waals surface area contributed by atoms with Crippen molar-refractivity contribution in [2.45, 2.75) is 6.92 Å². The van der Waals surface area contributed by atoms with Crippen molar-refractivity contribution < 1.29 is 0 Å². The molecule has 2 aromatic rings. The number of nitrogen functional groups attached to an aromatic ring is 1. The Bertz CT molecular complexity index is 519. The van der Waals surface area contributed by atoms with Crippen LogP contribution >= 0.6 is 0 Å². The Hall–Kier alpha value is -2.43. The molecule has 0 radical (unpaired) electrons. The molecule has 1 aromatic heterocycles. The Morgan fingerprint density at radius 1 is 1.24 bits per heavy atom. The highest BCUT2D eigenvalue weighted by Crippen LogP contribution is 2.12. The minimum atomic E-state index is 0.258. The van der Waals surface area contributed by atoms with E-state index in [9.17, 15) is 0 Å². The third kappa shape index (κ3) is 3.01. The highest BCUT2D eigenvalue weighted by atomic mass is 15.3. The molecule has 0 aliphatic heterocycles. The summed E-state index contributed by atoms with van der Waals surface area (Å²) in [6.07, 6.45) is 4.88. The van der Waals surface area contributed by atoms with Gasteiger partial charge >= 0.3 is 0 Å². The first-order valence-electron chi connectivity index (χ1n) is 5.18. The van der Waals surface area contributed by atoms with Crippen LogP contribution in [0.15, 0.2) is 41.8 Å². The van der Waals surface area contributed by atoms with Crippen LogP contribution in [0.1, 0.15) is 11.1 Å². The van der Waals surface area contributed by atoms with Crippen molar-refractivity contribution in [1.82, 2.24) is 9.97 Å². The Balaban J connectivity index is 2.03. The average molecular weight is 227 g/mol. The molecule has 3 N–H and O–H groups in total. The molecule has 86 valence electrons. The van der Waals surface area contributed by atoms with E-state index in [2.05, 4.69) is 20.5 Å². The number of aromatic nitrogens is 2. The van der Waals surface area contributed by atoms with Crippen molar-refractivity contribution in [1.29, 1.82) is 0 Å². The van der Waals surface area contributed by atoms with Gasteiger partial charge in [0.05, 0.1) is 11.9 Å². The lowest BCUT2D eigenvalue weighted by atomic mass is 10.2. The predicted molar refractivity (Wildman–Crippen MR) is 68.8 cm³/mol. The molecule has 0 fully saturated rings. The minimum Gasteiger partial charge on any atom is -0.368 e. The monoisotopic (exact) mass is 227 g/mol. The summed E-state index contributed by atoms with van der Waals surface area (Å²) in [7, 11) is 0. The van der Waals surface area contributed by atoms with Crippen LogP contribution < -0.4 is 11.2 Å². The number of nitrogens with one attached hydrogen (secondary N) is 1. The highest BCUT2D eigenvalue weighted by Gasteiger charge is 1.93. The summed E-state index contributed by atoms with van der Waals surface area (Å²) in [6, 6.07) is 7.92. The van der Waals surface area contributed by atoms with Gasteiger partial charge in [0.15, 0.2) is 0 Å². The van der Waals surface area contributed by atoms with Gasteiger partial charge in [-0.05, 0) is 18.6 Å². The molecule has 0 aliphatic rings. The zero-order valence-corrected chi connectivity index (χ0v) is 9.46. The quantitative estimate of drug-likeness (QED) is 0.619. The third-order valence-electron chi connectivity index (χ3n) is 2.24. The normalized spacial score (nSPS) is 10.6. The summed E-state index contributed by atoms with van der Waals surface area (Å²) >= 11 is 0. The van der Waals surface area contributed by atoms with Crippen molar-refractivity contribution in [3.63, 3.8) is 0 Å². The van der Waals surface area contributed by atoms with Crippen molar-refractivity contribution in [2.24, 2.45) is 5.10 Å². The van der Waals surface area contributed by atoms with Gasteiger partial charge in [-0.2, -0.15) is 5.10 Å². The van der Waals surface area contributed by atoms with Crippen molar-refractivity contribution >= 4 is 17.9 Å². The van der Waals surface area contributed by atoms with Crippen LogP contribution in [0.4, 0.5) is 11.6 Å². The number of rotatable bonds is 3. The largest absolute Gasteiger partial charge is 0.368 e. The van der Waals surface area contributed by atoms with Crippen molar-refractivity contribution in [3.05, 3.63) is 47.8 Å². The van der Waals surface area contributed by atoms with Gasteiger partial charge in [0.1, 0.15) is 0 Å². The molecule has 0 unspecified atom stereocenters. The second-order valence-corrected chi connectivity index (χ2v) is 3.56. The van der Waals surface area contributed by atoms with Crippen LogP contribution in [0.2, 0.25) is 0 Å². The third-order valence-corrected chi connectivity index (χ3v) is 2.24. The lowest BCUT2D eigenvalue weighted by Gasteiger charge is -2.03. The van der Waals surface area contributed by atoms with Crippen molar-refractivity contribution in [2.75, 3.05) is 11.2 Å². The Kier molecular flexibility index (Phi) is 3.30. The molecule has 2 rings (SSSR count). The molecular formula is C12H13N5. The second kappa shape index (κ2) is 5.07. The maximum Gasteiger partial charge on any atom is 0.219 e. The summed E-state index contributed by atoms with van der Waals surface area (Å²) in [4.78, 5) is 7.74. The van der Waals surface area contributed by atoms with Gasteiger partial charge in [-0.15, -0.1) is 0 Å². The molecule has 0 spiro atoms. The van der Waals surface area contributed by atoms with E-state index in [4.69, 9.17) is 5.73 Å². The molecule has 0 amide bonds. The molecule has 17 heavy (non-hydrogen) atoms. The van der Waals surface area contributed by atoms with E-state index in [-0.39, 0.29) is 5.95 Å². The predicted octanol–water partition coefficient (Wildman–Crippen LogP) is 1.81. The van der Waals surface area contributed by atoms with E-state index in [1.54, 1.807) is 18.6 Å². The molecule has 0 atom stereocenters. The number of anilines is 2. The molecular weight excluding hydrogens is 214 g/mol. The summed E-state index contributed by atoms with van der Waals surface area (Å²) in [5.41, 5.74) is 11.2. The Morgan fingerprint density at radius 2 is 1.94 bits per heavy atom. The molecule has 1 heterocycles. The number of hydrazone groups is 1. The molecule has 5 nitrogen and oxygen atoms in total. The standard InChI is InChI=1S/C12H13N5/c1-9-4-2-3-5-11(9)17-16-8-10-6-14-12(13)15-7-10/h2-8,17H,1H3,(H2,13,14,15)/b16-8-. The van der Waals surface area contributed by atoms with Gasteiger partial charge in [0.25, 0.3) is 0 Å². The van der Waals surface area contributed by atoms with Crippen LogP contribution in [0.25, 0.3) is 0 Å². The topological polar surface area (TPSA) is 76.2 Å². The lowest BCUT2D eigenvalue weighted by Crippen LogP contribution is -1.97. The maximum atomic E-state index is 5.38. The average Bonchev–Trinajstić information content (AvgIpc) is 2.34. The number of hydrogen-bond donors (Lipinski definition) is 2. The van der Waals surface area contributed by atoms with E-state index in [1.165, 1.54) is 0 Å². The molecule has 0 saturated heterocycles. The van der Waals surface area contributed by atoms with Crippen molar-refractivity contribution in [3.8, 4) is 0 Å². The van der Waals surface area contributed by atoms with Crippen LogP contribution in [0.5, 0.6) is 0 Å². The number of para-hydroxylation sites is 1. The van der Waals surface area contributed by atoms with Crippen LogP contribution in [-0.4, -0.2) is 16.2 Å². The van der Waals surface area contributed by atoms with Gasteiger partial charge < -0.3 is 5.73 Å². The summed E-state index contributed by atoms with van der Waals surface area (Å²) in [5, 5.41) is 4.11. The first-order chi connectivity index (χ1) is 8.25. The fourth-order valence-corrected chi connectivity index (χ4v) is 1.29. The minimum absolute atomic E-state index is 0.258. The first-order valence-corrected chi connectivity index (χ1v) is 5.18. The molecule has 1 aromatic carbocycles. The number of hydrogen-bond acceptors (Lipinski definition) is 5. The summed E-state index contributed by atoms with van der Waals surface area (Å²) < 4.78 is 0. The molecule has 0 bridgehead atoms. The van der Waals surface area contributed by atoms with Gasteiger partial charge in [-0.25, -0.2) is 9.97 Å². The van der Waals surface area contributed by atoms with Crippen LogP contribution in [-0.2, 0) is 0 Å².